The van der Waals surface area contributed by atoms with E-state index in [0.717, 1.165) is 25.1 Å². The molecule has 178 valence electrons. The van der Waals surface area contributed by atoms with Gasteiger partial charge < -0.3 is 10.1 Å². The predicted octanol–water partition coefficient (Wildman–Crippen LogP) is 7.55. The Morgan fingerprint density at radius 3 is 1.86 bits per heavy atom. The molecule has 0 aliphatic rings. The van der Waals surface area contributed by atoms with Crippen molar-refractivity contribution in [2.24, 2.45) is 0 Å². The van der Waals surface area contributed by atoms with Gasteiger partial charge in [0.05, 0.1) is 0 Å². The molecule has 0 amide bonds. The third kappa shape index (κ3) is 6.49. The first kappa shape index (κ1) is 24.5. The van der Waals surface area contributed by atoms with Crippen LogP contribution < -0.4 is 10.1 Å². The van der Waals surface area contributed by atoms with E-state index in [1.54, 1.807) is 0 Å². The first-order valence-corrected chi connectivity index (χ1v) is 12.5. The molecule has 0 fully saturated rings. The summed E-state index contributed by atoms with van der Waals surface area (Å²) in [4.78, 5) is 0. The molecule has 0 spiro atoms. The SMILES string of the molecule is CC/C(=C(\c1ccc(Cc2ccccc2)cc1)c1ccc(OCCNC)cc1)c1ccc(C)cc1. The zero-order valence-corrected chi connectivity index (χ0v) is 21.1. The Morgan fingerprint density at radius 2 is 1.26 bits per heavy atom. The molecule has 2 nitrogen and oxygen atoms in total. The molecule has 4 rings (SSSR count). The van der Waals surface area contributed by atoms with Gasteiger partial charge in [-0.15, -0.1) is 0 Å². The summed E-state index contributed by atoms with van der Waals surface area (Å²) in [5, 5.41) is 3.12. The molecule has 0 unspecified atom stereocenters. The van der Waals surface area contributed by atoms with Crippen LogP contribution in [-0.2, 0) is 6.42 Å². The number of ether oxygens (including phenoxy) is 1. The lowest BCUT2D eigenvalue weighted by molar-refractivity contribution is 0.318. The summed E-state index contributed by atoms with van der Waals surface area (Å²) in [7, 11) is 1.94. The molecule has 0 radical (unpaired) electrons. The average molecular weight is 462 g/mol. The number of allylic oxidation sites excluding steroid dienone is 1. The van der Waals surface area contributed by atoms with E-state index >= 15 is 0 Å². The third-order valence-corrected chi connectivity index (χ3v) is 6.31. The molecule has 35 heavy (non-hydrogen) atoms. The van der Waals surface area contributed by atoms with Gasteiger partial charge in [0.15, 0.2) is 0 Å². The van der Waals surface area contributed by atoms with Gasteiger partial charge in [0.25, 0.3) is 0 Å². The average Bonchev–Trinajstić information content (AvgIpc) is 2.90. The van der Waals surface area contributed by atoms with Crippen molar-refractivity contribution in [2.75, 3.05) is 20.2 Å². The van der Waals surface area contributed by atoms with Gasteiger partial charge >= 0.3 is 0 Å². The molecule has 0 saturated carbocycles. The van der Waals surface area contributed by atoms with Gasteiger partial charge in [0, 0.05) is 6.54 Å². The largest absolute Gasteiger partial charge is 0.492 e. The van der Waals surface area contributed by atoms with Crippen molar-refractivity contribution in [2.45, 2.75) is 26.7 Å². The zero-order chi connectivity index (χ0) is 24.5. The second-order valence-electron chi connectivity index (χ2n) is 8.91. The summed E-state index contributed by atoms with van der Waals surface area (Å²) in [5.74, 6) is 0.898. The van der Waals surface area contributed by atoms with Crippen molar-refractivity contribution < 1.29 is 4.74 Å². The standard InChI is InChI=1S/C33H35NO/c1-4-32(28-14-10-25(2)11-15-28)33(30-18-20-31(21-19-30)35-23-22-34-3)29-16-12-27(13-17-29)24-26-8-6-5-7-9-26/h5-21,34H,4,22-24H2,1-3H3/b33-32-. The summed E-state index contributed by atoms with van der Waals surface area (Å²) >= 11 is 0. The van der Waals surface area contributed by atoms with Crippen LogP contribution in [0.4, 0.5) is 0 Å². The maximum Gasteiger partial charge on any atom is 0.119 e. The number of likely N-dealkylation sites (N-methyl/N-ethyl adjacent to an activating group) is 1. The maximum absolute atomic E-state index is 5.87. The number of benzene rings is 4. The fourth-order valence-corrected chi connectivity index (χ4v) is 4.40. The lowest BCUT2D eigenvalue weighted by Crippen LogP contribution is -2.15. The fourth-order valence-electron chi connectivity index (χ4n) is 4.40. The summed E-state index contributed by atoms with van der Waals surface area (Å²) in [6, 6.07) is 37.1. The molecule has 0 atom stereocenters. The van der Waals surface area contributed by atoms with Crippen LogP contribution in [0.25, 0.3) is 11.1 Å². The minimum Gasteiger partial charge on any atom is -0.492 e. The molecule has 0 heterocycles. The van der Waals surface area contributed by atoms with E-state index < -0.39 is 0 Å². The second-order valence-corrected chi connectivity index (χ2v) is 8.91. The number of hydrogen-bond donors (Lipinski definition) is 1. The minimum atomic E-state index is 0.658. The van der Waals surface area contributed by atoms with Crippen molar-refractivity contribution >= 4 is 11.1 Å². The lowest BCUT2D eigenvalue weighted by Gasteiger charge is -2.17. The molecule has 0 saturated heterocycles. The van der Waals surface area contributed by atoms with E-state index in [0.29, 0.717) is 6.61 Å². The number of nitrogens with one attached hydrogen (secondary N) is 1. The van der Waals surface area contributed by atoms with E-state index in [-0.39, 0.29) is 0 Å². The normalized spacial score (nSPS) is 11.7. The van der Waals surface area contributed by atoms with Crippen LogP contribution in [0.3, 0.4) is 0 Å². The molecule has 0 aromatic heterocycles. The van der Waals surface area contributed by atoms with Gasteiger partial charge in [0.2, 0.25) is 0 Å². The molecule has 0 aliphatic heterocycles. The Labute approximate surface area is 210 Å². The molecular formula is C33H35NO. The fraction of sp³-hybridized carbons (Fsp3) is 0.212. The molecule has 4 aromatic carbocycles. The summed E-state index contributed by atoms with van der Waals surface area (Å²) in [5.41, 5.74) is 10.3. The first-order valence-electron chi connectivity index (χ1n) is 12.5. The van der Waals surface area contributed by atoms with Crippen molar-refractivity contribution in [1.29, 1.82) is 0 Å². The highest BCUT2D eigenvalue weighted by Gasteiger charge is 2.14. The van der Waals surface area contributed by atoms with E-state index in [4.69, 9.17) is 4.74 Å². The smallest absolute Gasteiger partial charge is 0.119 e. The van der Waals surface area contributed by atoms with Crippen LogP contribution in [0.1, 0.15) is 46.7 Å². The highest BCUT2D eigenvalue weighted by atomic mass is 16.5. The van der Waals surface area contributed by atoms with Gasteiger partial charge in [-0.25, -0.2) is 0 Å². The monoisotopic (exact) mass is 461 g/mol. The Balaban J connectivity index is 1.72. The summed E-state index contributed by atoms with van der Waals surface area (Å²) in [6.45, 7) is 5.87. The molecular weight excluding hydrogens is 426 g/mol. The predicted molar refractivity (Wildman–Crippen MR) is 149 cm³/mol. The van der Waals surface area contributed by atoms with Crippen molar-refractivity contribution in [3.05, 3.63) is 137 Å². The van der Waals surface area contributed by atoms with E-state index in [9.17, 15) is 0 Å². The van der Waals surface area contributed by atoms with E-state index in [2.05, 4.69) is 122 Å². The van der Waals surface area contributed by atoms with Crippen molar-refractivity contribution in [3.63, 3.8) is 0 Å². The van der Waals surface area contributed by atoms with Crippen LogP contribution in [0.5, 0.6) is 5.75 Å². The molecule has 0 aliphatic carbocycles. The number of aryl methyl sites for hydroxylation is 1. The second kappa shape index (κ2) is 12.2. The van der Waals surface area contributed by atoms with Crippen LogP contribution in [0, 0.1) is 6.92 Å². The van der Waals surface area contributed by atoms with Crippen LogP contribution >= 0.6 is 0 Å². The van der Waals surface area contributed by atoms with Crippen LogP contribution in [-0.4, -0.2) is 20.2 Å². The molecule has 4 aromatic rings. The summed E-state index contributed by atoms with van der Waals surface area (Å²) in [6.07, 6.45) is 1.89. The highest BCUT2D eigenvalue weighted by Crippen LogP contribution is 2.35. The van der Waals surface area contributed by atoms with Crippen LogP contribution in [0.2, 0.25) is 0 Å². The number of hydrogen-bond acceptors (Lipinski definition) is 2. The Morgan fingerprint density at radius 1 is 0.686 bits per heavy atom. The first-order chi connectivity index (χ1) is 17.2. The van der Waals surface area contributed by atoms with E-state index in [1.165, 1.54) is 44.5 Å². The maximum atomic E-state index is 5.87. The van der Waals surface area contributed by atoms with Gasteiger partial charge in [0.1, 0.15) is 12.4 Å². The Hall–Kier alpha value is -3.62. The van der Waals surface area contributed by atoms with Gasteiger partial charge in [-0.05, 0) is 77.9 Å². The van der Waals surface area contributed by atoms with Gasteiger partial charge in [-0.3, -0.25) is 0 Å². The molecule has 2 heteroatoms. The molecule has 1 N–H and O–H groups in total. The summed E-state index contributed by atoms with van der Waals surface area (Å²) < 4.78 is 5.87. The number of rotatable bonds is 10. The third-order valence-electron chi connectivity index (χ3n) is 6.31. The van der Waals surface area contributed by atoms with Crippen molar-refractivity contribution in [3.8, 4) is 5.75 Å². The topological polar surface area (TPSA) is 21.3 Å². The lowest BCUT2D eigenvalue weighted by atomic mass is 9.87. The highest BCUT2D eigenvalue weighted by molar-refractivity contribution is 5.98. The van der Waals surface area contributed by atoms with Crippen molar-refractivity contribution in [1.82, 2.24) is 5.32 Å². The Bertz CT molecular complexity index is 1220. The molecule has 0 bridgehead atoms. The van der Waals surface area contributed by atoms with E-state index in [1.807, 2.05) is 7.05 Å². The van der Waals surface area contributed by atoms with Gasteiger partial charge in [-0.2, -0.15) is 0 Å². The Kier molecular flexibility index (Phi) is 8.53. The quantitative estimate of drug-likeness (QED) is 0.194. The van der Waals surface area contributed by atoms with Crippen LogP contribution in [0.15, 0.2) is 103 Å². The minimum absolute atomic E-state index is 0.658. The zero-order valence-electron chi connectivity index (χ0n) is 21.1. The van der Waals surface area contributed by atoms with Gasteiger partial charge in [-0.1, -0.05) is 103 Å².